The summed E-state index contributed by atoms with van der Waals surface area (Å²) in [6, 6.07) is 3.58. The van der Waals surface area contributed by atoms with Crippen molar-refractivity contribution >= 4 is 31.4 Å². The van der Waals surface area contributed by atoms with E-state index in [2.05, 4.69) is 4.72 Å². The van der Waals surface area contributed by atoms with Gasteiger partial charge in [-0.05, 0) is 18.2 Å². The maximum Gasteiger partial charge on any atom is 0.240 e. The number of benzene rings is 1. The summed E-state index contributed by atoms with van der Waals surface area (Å²) in [4.78, 5) is -0.244. The first-order chi connectivity index (χ1) is 7.09. The van der Waals surface area contributed by atoms with Gasteiger partial charge in [-0.3, -0.25) is 4.72 Å². The summed E-state index contributed by atoms with van der Waals surface area (Å²) in [6.45, 7) is 0. The number of nitrogens with one attached hydrogen (secondary N) is 1. The highest BCUT2D eigenvalue weighted by Crippen LogP contribution is 2.21. The van der Waals surface area contributed by atoms with Gasteiger partial charge in [-0.25, -0.2) is 22.0 Å². The number of anilines is 2. The van der Waals surface area contributed by atoms with Crippen LogP contribution in [0.25, 0.3) is 0 Å². The summed E-state index contributed by atoms with van der Waals surface area (Å²) >= 11 is 0. The van der Waals surface area contributed by atoms with E-state index in [0.29, 0.717) is 0 Å². The molecule has 0 atom stereocenters. The van der Waals surface area contributed by atoms with Crippen LogP contribution in [0.1, 0.15) is 0 Å². The molecule has 0 fully saturated rings. The topological polar surface area (TPSA) is 132 Å². The van der Waals surface area contributed by atoms with Gasteiger partial charge in [-0.2, -0.15) is 0 Å². The molecule has 0 radical (unpaired) electrons. The maximum atomic E-state index is 11.0. The molecule has 90 valence electrons. The van der Waals surface area contributed by atoms with E-state index in [-0.39, 0.29) is 16.3 Å². The lowest BCUT2D eigenvalue weighted by Gasteiger charge is -2.07. The van der Waals surface area contributed by atoms with Gasteiger partial charge in [0.25, 0.3) is 0 Å². The van der Waals surface area contributed by atoms with Crippen molar-refractivity contribution in [3.63, 3.8) is 0 Å². The lowest BCUT2D eigenvalue weighted by molar-refractivity contribution is 0.598. The van der Waals surface area contributed by atoms with Crippen molar-refractivity contribution in [1.29, 1.82) is 0 Å². The second-order valence-corrected chi connectivity index (χ2v) is 6.45. The molecule has 0 unspecified atom stereocenters. The number of nitrogen functional groups attached to an aromatic ring is 1. The van der Waals surface area contributed by atoms with Crippen molar-refractivity contribution < 1.29 is 16.8 Å². The third kappa shape index (κ3) is 3.36. The number of hydrogen-bond donors (Lipinski definition) is 3. The quantitative estimate of drug-likeness (QED) is 0.621. The molecule has 1 aromatic rings. The monoisotopic (exact) mass is 265 g/mol. The number of hydrogen-bond acceptors (Lipinski definition) is 5. The highest BCUT2D eigenvalue weighted by molar-refractivity contribution is 7.92. The maximum absolute atomic E-state index is 11.0. The van der Waals surface area contributed by atoms with E-state index in [1.807, 2.05) is 0 Å². The van der Waals surface area contributed by atoms with Crippen LogP contribution in [0.15, 0.2) is 23.1 Å². The zero-order valence-corrected chi connectivity index (χ0v) is 9.97. The summed E-state index contributed by atoms with van der Waals surface area (Å²) < 4.78 is 46.0. The average molecular weight is 265 g/mol. The second-order valence-electron chi connectivity index (χ2n) is 3.17. The fourth-order valence-corrected chi connectivity index (χ4v) is 2.29. The fourth-order valence-electron chi connectivity index (χ4n) is 1.09. The van der Waals surface area contributed by atoms with Crippen molar-refractivity contribution in [1.82, 2.24) is 0 Å². The van der Waals surface area contributed by atoms with E-state index >= 15 is 0 Å². The molecule has 0 aliphatic carbocycles. The van der Waals surface area contributed by atoms with Gasteiger partial charge < -0.3 is 5.73 Å². The Hall–Kier alpha value is -1.32. The summed E-state index contributed by atoms with van der Waals surface area (Å²) in [6.07, 6.45) is 0.969. The Morgan fingerprint density at radius 2 is 1.75 bits per heavy atom. The molecule has 5 N–H and O–H groups in total. The van der Waals surface area contributed by atoms with Crippen molar-refractivity contribution in [3.05, 3.63) is 18.2 Å². The second kappa shape index (κ2) is 3.92. The van der Waals surface area contributed by atoms with Crippen LogP contribution in [-0.4, -0.2) is 23.1 Å². The number of sulfonamides is 2. The molecular formula is C7H11N3O4S2. The third-order valence-corrected chi connectivity index (χ3v) is 3.21. The Kier molecular flexibility index (Phi) is 3.13. The number of rotatable bonds is 3. The lowest BCUT2D eigenvalue weighted by atomic mass is 10.3. The van der Waals surface area contributed by atoms with Gasteiger partial charge in [0.2, 0.25) is 20.0 Å². The van der Waals surface area contributed by atoms with Crippen LogP contribution in [0.5, 0.6) is 0 Å². The molecule has 1 aromatic carbocycles. The third-order valence-electron chi connectivity index (χ3n) is 1.62. The molecular weight excluding hydrogens is 254 g/mol. The molecule has 0 aliphatic heterocycles. The Bertz CT molecular complexity index is 607. The van der Waals surface area contributed by atoms with Crippen LogP contribution in [0, 0.1) is 0 Å². The van der Waals surface area contributed by atoms with Crippen molar-refractivity contribution in [2.24, 2.45) is 5.14 Å². The minimum atomic E-state index is -3.90. The molecule has 0 aromatic heterocycles. The zero-order valence-electron chi connectivity index (χ0n) is 8.34. The van der Waals surface area contributed by atoms with Crippen LogP contribution in [0.4, 0.5) is 11.4 Å². The van der Waals surface area contributed by atoms with Crippen LogP contribution in [-0.2, 0) is 20.0 Å². The van der Waals surface area contributed by atoms with Gasteiger partial charge in [-0.1, -0.05) is 0 Å². The molecule has 7 nitrogen and oxygen atoms in total. The van der Waals surface area contributed by atoms with Crippen molar-refractivity contribution in [3.8, 4) is 0 Å². The van der Waals surface area contributed by atoms with E-state index in [9.17, 15) is 16.8 Å². The van der Waals surface area contributed by atoms with Crippen molar-refractivity contribution in [2.75, 3.05) is 16.7 Å². The van der Waals surface area contributed by atoms with Gasteiger partial charge in [-0.15, -0.1) is 0 Å². The highest BCUT2D eigenvalue weighted by atomic mass is 32.2. The summed E-state index contributed by atoms with van der Waals surface area (Å²) in [5.74, 6) is 0. The SMILES string of the molecule is CS(=O)(=O)Nc1ccc(S(N)(=O)=O)c(N)c1. The molecule has 0 heterocycles. The molecule has 9 heteroatoms. The van der Waals surface area contributed by atoms with Gasteiger partial charge in [0, 0.05) is 0 Å². The first kappa shape index (κ1) is 12.7. The summed E-state index contributed by atoms with van der Waals surface area (Å²) in [7, 11) is -7.32. The van der Waals surface area contributed by atoms with Crippen LogP contribution in [0.2, 0.25) is 0 Å². The van der Waals surface area contributed by atoms with Crippen LogP contribution >= 0.6 is 0 Å². The first-order valence-electron chi connectivity index (χ1n) is 4.00. The van der Waals surface area contributed by atoms with Crippen LogP contribution < -0.4 is 15.6 Å². The van der Waals surface area contributed by atoms with E-state index in [4.69, 9.17) is 10.9 Å². The van der Waals surface area contributed by atoms with Gasteiger partial charge in [0.1, 0.15) is 4.90 Å². The van der Waals surface area contributed by atoms with Gasteiger partial charge >= 0.3 is 0 Å². The predicted octanol–water partition coefficient (Wildman–Crippen LogP) is -0.712. The van der Waals surface area contributed by atoms with Crippen LogP contribution in [0.3, 0.4) is 0 Å². The number of nitrogens with two attached hydrogens (primary N) is 2. The lowest BCUT2D eigenvalue weighted by Crippen LogP contribution is -2.15. The molecule has 0 spiro atoms. The van der Waals surface area contributed by atoms with Gasteiger partial charge in [0.05, 0.1) is 17.6 Å². The molecule has 0 aliphatic rings. The Morgan fingerprint density at radius 3 is 2.12 bits per heavy atom. The Morgan fingerprint density at radius 1 is 1.19 bits per heavy atom. The minimum absolute atomic E-state index is 0.115. The van der Waals surface area contributed by atoms with E-state index in [1.165, 1.54) is 12.1 Å². The minimum Gasteiger partial charge on any atom is -0.398 e. The predicted molar refractivity (Wildman–Crippen MR) is 60.7 cm³/mol. The fraction of sp³-hybridized carbons (Fsp3) is 0.143. The summed E-state index contributed by atoms with van der Waals surface area (Å²) in [5, 5.41) is 4.89. The molecule has 0 saturated heterocycles. The summed E-state index contributed by atoms with van der Waals surface area (Å²) in [5.41, 5.74) is 5.49. The van der Waals surface area contributed by atoms with Gasteiger partial charge in [0.15, 0.2) is 0 Å². The average Bonchev–Trinajstić information content (AvgIpc) is 1.97. The van der Waals surface area contributed by atoms with E-state index in [0.717, 1.165) is 12.3 Å². The molecule has 0 bridgehead atoms. The first-order valence-corrected chi connectivity index (χ1v) is 7.43. The normalized spacial score (nSPS) is 12.4. The standard InChI is InChI=1S/C7H11N3O4S2/c1-15(11,12)10-5-2-3-7(6(8)4-5)16(9,13)14/h2-4,10H,8H2,1H3,(H2,9,13,14). The Balaban J connectivity index is 3.20. The zero-order chi connectivity index (χ0) is 12.6. The molecule has 1 rings (SSSR count). The molecule has 0 saturated carbocycles. The smallest absolute Gasteiger partial charge is 0.240 e. The molecule has 16 heavy (non-hydrogen) atoms. The Labute approximate surface area is 93.5 Å². The number of primary sulfonamides is 1. The van der Waals surface area contributed by atoms with E-state index < -0.39 is 20.0 Å². The molecule has 0 amide bonds. The largest absolute Gasteiger partial charge is 0.398 e. The van der Waals surface area contributed by atoms with Crippen molar-refractivity contribution in [2.45, 2.75) is 4.90 Å². The van der Waals surface area contributed by atoms with E-state index in [1.54, 1.807) is 0 Å². The highest BCUT2D eigenvalue weighted by Gasteiger charge is 2.13.